The molecule has 0 bridgehead atoms. The standard InChI is InChI=1S/C8HF15O2.CH4N2/c9-2(10,1(24)25)3(11,12)4(13,14)5(15,16)6(17,18)7(19,20)8(21,22)23;2-1-3/h(H,24,25);1H,(H3,2,3). The van der Waals surface area contributed by atoms with Crippen molar-refractivity contribution in [1.82, 2.24) is 0 Å². The average molecular weight is 458 g/mol. The Morgan fingerprint density at radius 3 is 1.07 bits per heavy atom. The molecule has 168 valence electrons. The second kappa shape index (κ2) is 7.37. The molecule has 19 heteroatoms. The fraction of sp³-hybridized carbons (Fsp3) is 0.778. The Morgan fingerprint density at radius 2 is 0.857 bits per heavy atom. The minimum Gasteiger partial charge on any atom is -0.477 e. The van der Waals surface area contributed by atoms with Crippen molar-refractivity contribution in [2.75, 3.05) is 0 Å². The molecule has 0 rings (SSSR count). The summed E-state index contributed by atoms with van der Waals surface area (Å²) < 4.78 is 187. The zero-order valence-corrected chi connectivity index (χ0v) is 12.2. The molecule has 0 atom stereocenters. The van der Waals surface area contributed by atoms with Crippen molar-refractivity contribution in [1.29, 1.82) is 5.41 Å². The molecule has 0 heterocycles. The number of nitrogens with two attached hydrogens (primary N) is 1. The van der Waals surface area contributed by atoms with Gasteiger partial charge in [0.2, 0.25) is 0 Å². The molecule has 0 amide bonds. The van der Waals surface area contributed by atoms with Crippen LogP contribution >= 0.6 is 0 Å². The first-order valence-corrected chi connectivity index (χ1v) is 5.63. The highest BCUT2D eigenvalue weighted by molar-refractivity contribution is 5.77. The van der Waals surface area contributed by atoms with Crippen molar-refractivity contribution >= 4 is 12.3 Å². The monoisotopic (exact) mass is 458 g/mol. The Balaban J connectivity index is 0. The van der Waals surface area contributed by atoms with Crippen LogP contribution in [0.2, 0.25) is 0 Å². The number of carboxylic acids is 1. The van der Waals surface area contributed by atoms with Gasteiger partial charge in [0, 0.05) is 0 Å². The van der Waals surface area contributed by atoms with Gasteiger partial charge in [-0.2, -0.15) is 65.9 Å². The molecule has 0 aliphatic carbocycles. The number of halogens is 15. The van der Waals surface area contributed by atoms with Crippen LogP contribution in [0.15, 0.2) is 0 Å². The summed E-state index contributed by atoms with van der Waals surface area (Å²) in [6.45, 7) is 0. The van der Waals surface area contributed by atoms with E-state index in [1.54, 1.807) is 0 Å². The van der Waals surface area contributed by atoms with E-state index in [4.69, 9.17) is 10.5 Å². The van der Waals surface area contributed by atoms with Gasteiger partial charge >= 0.3 is 47.7 Å². The summed E-state index contributed by atoms with van der Waals surface area (Å²) in [5, 5.41) is 13.4. The van der Waals surface area contributed by atoms with Crippen molar-refractivity contribution < 1.29 is 75.8 Å². The van der Waals surface area contributed by atoms with Crippen LogP contribution in [-0.4, -0.2) is 59.1 Å². The predicted molar refractivity (Wildman–Crippen MR) is 56.3 cm³/mol. The molecule has 0 fully saturated rings. The van der Waals surface area contributed by atoms with Gasteiger partial charge in [0.15, 0.2) is 0 Å². The summed E-state index contributed by atoms with van der Waals surface area (Å²) in [6.07, 6.45) is -6.94. The predicted octanol–water partition coefficient (Wildman–Crippen LogP) is 4.00. The third-order valence-corrected chi connectivity index (χ3v) is 2.60. The molecule has 0 radical (unpaired) electrons. The van der Waals surface area contributed by atoms with Crippen molar-refractivity contribution in [3.05, 3.63) is 0 Å². The maximum Gasteiger partial charge on any atom is 0.460 e. The van der Waals surface area contributed by atoms with Gasteiger partial charge < -0.3 is 10.8 Å². The van der Waals surface area contributed by atoms with Crippen LogP contribution in [0.25, 0.3) is 0 Å². The number of carbonyl (C=O) groups is 1. The van der Waals surface area contributed by atoms with E-state index in [0.29, 0.717) is 0 Å². The van der Waals surface area contributed by atoms with Crippen LogP contribution in [0.1, 0.15) is 0 Å². The topological polar surface area (TPSA) is 87.2 Å². The smallest absolute Gasteiger partial charge is 0.460 e. The summed E-state index contributed by atoms with van der Waals surface area (Å²) in [4.78, 5) is 9.72. The Bertz CT molecular complexity index is 583. The Labute approximate surface area is 142 Å². The highest BCUT2D eigenvalue weighted by Gasteiger charge is 2.94. The Kier molecular flexibility index (Phi) is 7.40. The Morgan fingerprint density at radius 1 is 0.643 bits per heavy atom. The number of hydrogen-bond acceptors (Lipinski definition) is 2. The summed E-state index contributed by atoms with van der Waals surface area (Å²) in [5.41, 5.74) is 4.39. The quantitative estimate of drug-likeness (QED) is 0.320. The molecule has 4 N–H and O–H groups in total. The SMILES string of the molecule is N=CN.O=C(O)C(F)(F)C(F)(F)C(F)(F)C(F)(F)C(F)(F)C(F)(F)C(F)(F)F. The molecule has 28 heavy (non-hydrogen) atoms. The van der Waals surface area contributed by atoms with E-state index in [0.717, 1.165) is 6.34 Å². The molecule has 0 aromatic heterocycles. The molecular formula is C9H5F15N2O2. The molecule has 0 saturated carbocycles. The summed E-state index contributed by atoms with van der Waals surface area (Å²) in [6, 6.07) is 0. The Hall–Kier alpha value is -2.11. The summed E-state index contributed by atoms with van der Waals surface area (Å²) >= 11 is 0. The number of hydrogen-bond donors (Lipinski definition) is 3. The first-order chi connectivity index (χ1) is 11.9. The molecule has 0 aliphatic heterocycles. The van der Waals surface area contributed by atoms with E-state index in [1.165, 1.54) is 0 Å². The number of rotatable bonds is 6. The molecule has 0 saturated heterocycles. The van der Waals surface area contributed by atoms with Crippen molar-refractivity contribution in [2.24, 2.45) is 5.73 Å². The lowest BCUT2D eigenvalue weighted by Gasteiger charge is -2.40. The van der Waals surface area contributed by atoms with E-state index in [9.17, 15) is 70.7 Å². The van der Waals surface area contributed by atoms with Gasteiger partial charge in [-0.1, -0.05) is 0 Å². The normalized spacial score (nSPS) is 14.8. The van der Waals surface area contributed by atoms with E-state index >= 15 is 0 Å². The van der Waals surface area contributed by atoms with Crippen molar-refractivity contribution in [2.45, 2.75) is 41.7 Å². The third-order valence-electron chi connectivity index (χ3n) is 2.60. The van der Waals surface area contributed by atoms with E-state index in [-0.39, 0.29) is 0 Å². The van der Waals surface area contributed by atoms with Crippen LogP contribution in [-0.2, 0) is 4.79 Å². The second-order valence-corrected chi connectivity index (χ2v) is 4.42. The van der Waals surface area contributed by atoms with Gasteiger partial charge in [0.05, 0.1) is 6.34 Å². The molecule has 0 aromatic carbocycles. The molecule has 0 aliphatic rings. The minimum absolute atomic E-state index is 0.750. The third kappa shape index (κ3) is 3.74. The van der Waals surface area contributed by atoms with Crippen LogP contribution in [0.3, 0.4) is 0 Å². The first kappa shape index (κ1) is 28.1. The van der Waals surface area contributed by atoms with Gasteiger partial charge in [0.25, 0.3) is 0 Å². The average Bonchev–Trinajstić information content (AvgIpc) is 2.45. The van der Waals surface area contributed by atoms with Crippen LogP contribution in [0.4, 0.5) is 65.9 Å². The highest BCUT2D eigenvalue weighted by atomic mass is 19.4. The van der Waals surface area contributed by atoms with Gasteiger partial charge in [-0.25, -0.2) is 4.79 Å². The van der Waals surface area contributed by atoms with E-state index < -0.39 is 47.7 Å². The first-order valence-electron chi connectivity index (χ1n) is 5.63. The number of nitrogens with one attached hydrogen (secondary N) is 1. The fourth-order valence-electron chi connectivity index (χ4n) is 1.10. The van der Waals surface area contributed by atoms with Crippen LogP contribution < -0.4 is 5.73 Å². The number of carboxylic acid groups (broad SMARTS) is 1. The number of alkyl halides is 15. The molecule has 4 nitrogen and oxygen atoms in total. The molecular weight excluding hydrogens is 453 g/mol. The largest absolute Gasteiger partial charge is 0.477 e. The lowest BCUT2D eigenvalue weighted by atomic mass is 9.91. The second-order valence-electron chi connectivity index (χ2n) is 4.42. The van der Waals surface area contributed by atoms with Gasteiger partial charge in [-0.3, -0.25) is 5.41 Å². The maximum atomic E-state index is 12.8. The maximum absolute atomic E-state index is 12.8. The molecule has 0 aromatic rings. The van der Waals surface area contributed by atoms with E-state index in [1.807, 2.05) is 0 Å². The molecule has 0 unspecified atom stereocenters. The fourth-order valence-corrected chi connectivity index (χ4v) is 1.10. The van der Waals surface area contributed by atoms with Crippen molar-refractivity contribution in [3.8, 4) is 0 Å². The van der Waals surface area contributed by atoms with Gasteiger partial charge in [-0.15, -0.1) is 0 Å². The summed E-state index contributed by atoms with van der Waals surface area (Å²) in [5.74, 6) is -52.8. The van der Waals surface area contributed by atoms with Gasteiger partial charge in [-0.05, 0) is 0 Å². The zero-order valence-electron chi connectivity index (χ0n) is 12.2. The molecule has 0 spiro atoms. The zero-order chi connectivity index (χ0) is 23.8. The summed E-state index contributed by atoms with van der Waals surface area (Å²) in [7, 11) is 0. The van der Waals surface area contributed by atoms with Crippen LogP contribution in [0, 0.1) is 5.41 Å². The highest BCUT2D eigenvalue weighted by Crippen LogP contribution is 2.62. The number of aliphatic carboxylic acids is 1. The van der Waals surface area contributed by atoms with Crippen molar-refractivity contribution in [3.63, 3.8) is 0 Å². The van der Waals surface area contributed by atoms with Crippen LogP contribution in [0.5, 0.6) is 0 Å². The lowest BCUT2D eigenvalue weighted by molar-refractivity contribution is -0.450. The van der Waals surface area contributed by atoms with E-state index in [2.05, 4.69) is 5.73 Å². The minimum atomic E-state index is -8.47. The lowest BCUT2D eigenvalue weighted by Crippen LogP contribution is -2.73. The van der Waals surface area contributed by atoms with Gasteiger partial charge in [0.1, 0.15) is 0 Å².